The summed E-state index contributed by atoms with van der Waals surface area (Å²) in [6.45, 7) is 2.81. The molecule has 1 aromatic carbocycles. The highest BCUT2D eigenvalue weighted by molar-refractivity contribution is 5.48. The fourth-order valence-corrected chi connectivity index (χ4v) is 1.58. The van der Waals surface area contributed by atoms with Gasteiger partial charge in [0.15, 0.2) is 5.82 Å². The van der Waals surface area contributed by atoms with Crippen molar-refractivity contribution in [3.8, 4) is 17.5 Å². The first kappa shape index (κ1) is 12.9. The van der Waals surface area contributed by atoms with Gasteiger partial charge < -0.3 is 10.1 Å². The predicted molar refractivity (Wildman–Crippen MR) is 71.4 cm³/mol. The van der Waals surface area contributed by atoms with Crippen LogP contribution in [0.2, 0.25) is 0 Å². The highest BCUT2D eigenvalue weighted by Gasteiger charge is 2.10. The summed E-state index contributed by atoms with van der Waals surface area (Å²) in [6, 6.07) is 9.36. The number of aromatic nitrogens is 3. The minimum absolute atomic E-state index is 0.296. The number of nitrogens with one attached hydrogen (secondary N) is 1. The van der Waals surface area contributed by atoms with E-state index in [2.05, 4.69) is 15.5 Å². The van der Waals surface area contributed by atoms with Crippen LogP contribution in [0.1, 0.15) is 19.0 Å². The number of rotatable bonds is 5. The Labute approximate surface area is 111 Å². The van der Waals surface area contributed by atoms with Crippen LogP contribution in [0.15, 0.2) is 24.3 Å². The van der Waals surface area contributed by atoms with Gasteiger partial charge in [0, 0.05) is 6.54 Å². The number of methoxy groups -OCH3 is 1. The van der Waals surface area contributed by atoms with Gasteiger partial charge in [-0.15, -0.1) is 15.0 Å². The second kappa shape index (κ2) is 5.87. The van der Waals surface area contributed by atoms with Crippen LogP contribution >= 0.6 is 0 Å². The molecule has 0 aliphatic carbocycles. The maximum Gasteiger partial charge on any atom is 0.207 e. The summed E-state index contributed by atoms with van der Waals surface area (Å²) < 4.78 is 5.09. The fraction of sp³-hybridized carbons (Fsp3) is 0.308. The van der Waals surface area contributed by atoms with E-state index in [0.29, 0.717) is 11.5 Å². The second-order valence-electron chi connectivity index (χ2n) is 3.92. The molecule has 0 aliphatic heterocycles. The molecule has 0 saturated heterocycles. The van der Waals surface area contributed by atoms with Crippen molar-refractivity contribution >= 4 is 5.82 Å². The van der Waals surface area contributed by atoms with Crippen LogP contribution in [-0.2, 0) is 0 Å². The molecule has 0 spiro atoms. The van der Waals surface area contributed by atoms with E-state index in [1.54, 1.807) is 7.11 Å². The fourth-order valence-electron chi connectivity index (χ4n) is 1.58. The first-order valence-corrected chi connectivity index (χ1v) is 6.04. The Balaban J connectivity index is 2.29. The molecule has 0 atom stereocenters. The van der Waals surface area contributed by atoms with Crippen molar-refractivity contribution in [2.75, 3.05) is 19.0 Å². The number of ether oxygens (including phenoxy) is 1. The van der Waals surface area contributed by atoms with E-state index in [9.17, 15) is 0 Å². The largest absolute Gasteiger partial charge is 0.497 e. The minimum atomic E-state index is 0.296. The molecule has 1 aromatic heterocycles. The van der Waals surface area contributed by atoms with Gasteiger partial charge in [0.05, 0.1) is 12.8 Å². The van der Waals surface area contributed by atoms with Crippen molar-refractivity contribution in [2.45, 2.75) is 13.3 Å². The molecule has 6 heteroatoms. The molecule has 0 radical (unpaired) electrons. The zero-order valence-electron chi connectivity index (χ0n) is 10.9. The lowest BCUT2D eigenvalue weighted by Crippen LogP contribution is -2.03. The lowest BCUT2D eigenvalue weighted by Gasteiger charge is -2.02. The molecule has 0 saturated carbocycles. The third-order valence-electron chi connectivity index (χ3n) is 2.57. The highest BCUT2D eigenvalue weighted by Crippen LogP contribution is 2.16. The number of benzene rings is 1. The summed E-state index contributed by atoms with van der Waals surface area (Å²) >= 11 is 0. The number of anilines is 1. The molecule has 6 nitrogen and oxygen atoms in total. The lowest BCUT2D eigenvalue weighted by molar-refractivity contribution is 0.414. The Morgan fingerprint density at radius 2 is 2.05 bits per heavy atom. The molecule has 1 N–H and O–H groups in total. The maximum atomic E-state index is 9.03. The van der Waals surface area contributed by atoms with Gasteiger partial charge in [0.25, 0.3) is 0 Å². The lowest BCUT2D eigenvalue weighted by atomic mass is 10.3. The van der Waals surface area contributed by atoms with Gasteiger partial charge in [-0.05, 0) is 30.7 Å². The smallest absolute Gasteiger partial charge is 0.207 e. The molecule has 2 aromatic rings. The number of nitrogens with zero attached hydrogens (tertiary/aromatic N) is 4. The van der Waals surface area contributed by atoms with Crippen molar-refractivity contribution in [2.24, 2.45) is 0 Å². The molecule has 0 amide bonds. The van der Waals surface area contributed by atoms with Crippen LogP contribution in [0, 0.1) is 11.3 Å². The highest BCUT2D eigenvalue weighted by atomic mass is 16.5. The standard InChI is InChI=1S/C13H15N5O/c1-3-8-15-13-12(9-14)16-18(17-13)10-4-6-11(19-2)7-5-10/h4-7H,3,8H2,1-2H3,(H,15,17). The Morgan fingerprint density at radius 3 is 2.63 bits per heavy atom. The van der Waals surface area contributed by atoms with E-state index >= 15 is 0 Å². The van der Waals surface area contributed by atoms with E-state index in [-0.39, 0.29) is 0 Å². The number of hydrogen-bond acceptors (Lipinski definition) is 5. The zero-order valence-corrected chi connectivity index (χ0v) is 10.9. The second-order valence-corrected chi connectivity index (χ2v) is 3.92. The molecule has 1 heterocycles. The third-order valence-corrected chi connectivity index (χ3v) is 2.57. The van der Waals surface area contributed by atoms with Crippen molar-refractivity contribution in [1.82, 2.24) is 15.0 Å². The average Bonchev–Trinajstić information content (AvgIpc) is 2.88. The van der Waals surface area contributed by atoms with Crippen LogP contribution in [-0.4, -0.2) is 28.6 Å². The molecule has 0 unspecified atom stereocenters. The molecular weight excluding hydrogens is 242 g/mol. The SMILES string of the molecule is CCCNc1nn(-c2ccc(OC)cc2)nc1C#N. The Morgan fingerprint density at radius 1 is 1.32 bits per heavy atom. The summed E-state index contributed by atoms with van der Waals surface area (Å²) in [4.78, 5) is 1.44. The molecule has 0 aliphatic rings. The monoisotopic (exact) mass is 257 g/mol. The molecule has 98 valence electrons. The van der Waals surface area contributed by atoms with E-state index < -0.39 is 0 Å². The molecule has 2 rings (SSSR count). The van der Waals surface area contributed by atoms with E-state index in [1.165, 1.54) is 4.80 Å². The number of hydrogen-bond donors (Lipinski definition) is 1. The summed E-state index contributed by atoms with van der Waals surface area (Å²) in [7, 11) is 1.61. The summed E-state index contributed by atoms with van der Waals surface area (Å²) in [5.74, 6) is 1.28. The molecule has 0 bridgehead atoms. The van der Waals surface area contributed by atoms with Gasteiger partial charge in [-0.3, -0.25) is 0 Å². The average molecular weight is 257 g/mol. The van der Waals surface area contributed by atoms with Crippen molar-refractivity contribution in [3.05, 3.63) is 30.0 Å². The molecule has 19 heavy (non-hydrogen) atoms. The number of nitriles is 1. The van der Waals surface area contributed by atoms with Crippen molar-refractivity contribution in [3.63, 3.8) is 0 Å². The van der Waals surface area contributed by atoms with E-state index in [1.807, 2.05) is 37.3 Å². The van der Waals surface area contributed by atoms with Crippen LogP contribution in [0.5, 0.6) is 5.75 Å². The van der Waals surface area contributed by atoms with Crippen LogP contribution in [0.4, 0.5) is 5.82 Å². The summed E-state index contributed by atoms with van der Waals surface area (Å²) in [5, 5.41) is 20.5. The quantitative estimate of drug-likeness (QED) is 0.886. The Hall–Kier alpha value is -2.55. The van der Waals surface area contributed by atoms with Gasteiger partial charge >= 0.3 is 0 Å². The molecule has 0 fully saturated rings. The van der Waals surface area contributed by atoms with E-state index in [0.717, 1.165) is 24.4 Å². The van der Waals surface area contributed by atoms with Crippen molar-refractivity contribution < 1.29 is 4.74 Å². The van der Waals surface area contributed by atoms with Gasteiger partial charge in [-0.25, -0.2) is 0 Å². The van der Waals surface area contributed by atoms with Gasteiger partial charge in [-0.1, -0.05) is 6.92 Å². The Kier molecular flexibility index (Phi) is 3.98. The van der Waals surface area contributed by atoms with E-state index in [4.69, 9.17) is 10.00 Å². The predicted octanol–water partition coefficient (Wildman–Crippen LogP) is 1.97. The first-order chi connectivity index (χ1) is 9.28. The van der Waals surface area contributed by atoms with Crippen LogP contribution in [0.25, 0.3) is 5.69 Å². The zero-order chi connectivity index (χ0) is 13.7. The normalized spacial score (nSPS) is 9.95. The molecular formula is C13H15N5O. The summed E-state index contributed by atoms with van der Waals surface area (Å²) in [6.07, 6.45) is 0.959. The van der Waals surface area contributed by atoms with Crippen LogP contribution < -0.4 is 10.1 Å². The Bertz CT molecular complexity index is 582. The topological polar surface area (TPSA) is 75.8 Å². The minimum Gasteiger partial charge on any atom is -0.497 e. The van der Waals surface area contributed by atoms with Gasteiger partial charge in [0.1, 0.15) is 11.8 Å². The maximum absolute atomic E-state index is 9.03. The third kappa shape index (κ3) is 2.83. The summed E-state index contributed by atoms with van der Waals surface area (Å²) in [5.41, 5.74) is 1.08. The van der Waals surface area contributed by atoms with Crippen LogP contribution in [0.3, 0.4) is 0 Å². The van der Waals surface area contributed by atoms with Crippen molar-refractivity contribution in [1.29, 1.82) is 5.26 Å². The van der Waals surface area contributed by atoms with Gasteiger partial charge in [-0.2, -0.15) is 5.26 Å². The van der Waals surface area contributed by atoms with Gasteiger partial charge in [0.2, 0.25) is 5.69 Å². The first-order valence-electron chi connectivity index (χ1n) is 6.04.